The third-order valence-corrected chi connectivity index (χ3v) is 8.39. The molecule has 1 aromatic rings. The quantitative estimate of drug-likeness (QED) is 0.276. The van der Waals surface area contributed by atoms with Crippen molar-refractivity contribution < 1.29 is 38.4 Å². The van der Waals surface area contributed by atoms with Crippen LogP contribution < -0.4 is 5.73 Å². The highest BCUT2D eigenvalue weighted by Gasteiger charge is 2.45. The number of rotatable bonds is 7. The fourth-order valence-electron chi connectivity index (χ4n) is 5.69. The Morgan fingerprint density at radius 1 is 0.721 bits per heavy atom. The van der Waals surface area contributed by atoms with Crippen LogP contribution >= 0.6 is 0 Å². The predicted octanol–water partition coefficient (Wildman–Crippen LogP) is 2.76. The molecule has 1 aromatic carbocycles. The number of carbonyl (C=O) groups excluding carboxylic acids is 2. The summed E-state index contributed by atoms with van der Waals surface area (Å²) in [7, 11) is 0. The van der Waals surface area contributed by atoms with Crippen LogP contribution in [-0.2, 0) is 23.7 Å². The predicted molar refractivity (Wildman–Crippen MR) is 162 cm³/mol. The van der Waals surface area contributed by atoms with Gasteiger partial charge in [-0.05, 0) is 31.4 Å². The third-order valence-electron chi connectivity index (χ3n) is 8.39. The minimum atomic E-state index is -0.261. The van der Waals surface area contributed by atoms with Gasteiger partial charge in [-0.25, -0.2) is 0 Å². The van der Waals surface area contributed by atoms with Gasteiger partial charge in [0.15, 0.2) is 0 Å². The minimum absolute atomic E-state index is 0.153. The second-order valence-corrected chi connectivity index (χ2v) is 11.5. The van der Waals surface area contributed by atoms with Crippen LogP contribution in [0.15, 0.2) is 62.2 Å². The first kappa shape index (κ1) is 33.2. The summed E-state index contributed by atoms with van der Waals surface area (Å²) in [6, 6.07) is 7.02. The van der Waals surface area contributed by atoms with Gasteiger partial charge in [0.05, 0.1) is 76.1 Å². The van der Waals surface area contributed by atoms with Gasteiger partial charge in [-0.15, -0.1) is 19.7 Å². The van der Waals surface area contributed by atoms with Gasteiger partial charge in [0.25, 0.3) is 11.8 Å². The van der Waals surface area contributed by atoms with E-state index in [1.54, 1.807) is 24.3 Å². The largest absolute Gasteiger partial charge is 0.390 e. The SMILES string of the molecule is C1OCC2OC12.C=CCC1COCC1N.C=CCC1COCC1N1C(=O)c2ccccc2C1=O.C=CCC1COCC1O. The van der Waals surface area contributed by atoms with E-state index >= 15 is 0 Å². The van der Waals surface area contributed by atoms with Crippen molar-refractivity contribution in [2.45, 2.75) is 49.7 Å². The number of benzene rings is 1. The summed E-state index contributed by atoms with van der Waals surface area (Å²) in [6.45, 7) is 16.3. The summed E-state index contributed by atoms with van der Waals surface area (Å²) >= 11 is 0. The normalized spacial score (nSPS) is 33.2. The number of hydrogen-bond donors (Lipinski definition) is 2. The Balaban J connectivity index is 0.000000147. The lowest BCUT2D eigenvalue weighted by molar-refractivity contribution is 0.0543. The lowest BCUT2D eigenvalue weighted by Crippen LogP contribution is -2.44. The molecule has 0 radical (unpaired) electrons. The van der Waals surface area contributed by atoms with Crippen molar-refractivity contribution in [1.29, 1.82) is 0 Å². The summed E-state index contributed by atoms with van der Waals surface area (Å²) in [4.78, 5) is 26.1. The van der Waals surface area contributed by atoms with Gasteiger partial charge in [-0.3, -0.25) is 14.5 Å². The summed E-state index contributed by atoms with van der Waals surface area (Å²) in [6.07, 6.45) is 8.85. The van der Waals surface area contributed by atoms with E-state index in [0.29, 0.717) is 61.6 Å². The van der Waals surface area contributed by atoms with Crippen molar-refractivity contribution in [3.63, 3.8) is 0 Å². The van der Waals surface area contributed by atoms with E-state index in [2.05, 4.69) is 19.7 Å². The lowest BCUT2D eigenvalue weighted by Gasteiger charge is -2.25. The molecule has 0 saturated carbocycles. The molecule has 7 rings (SSSR count). The van der Waals surface area contributed by atoms with Crippen LogP contribution in [-0.4, -0.2) is 105 Å². The zero-order valence-electron chi connectivity index (χ0n) is 24.9. The van der Waals surface area contributed by atoms with Crippen LogP contribution in [0.2, 0.25) is 0 Å². The van der Waals surface area contributed by atoms with Gasteiger partial charge < -0.3 is 34.5 Å². The summed E-state index contributed by atoms with van der Waals surface area (Å²) in [5, 5.41) is 9.15. The van der Waals surface area contributed by atoms with Crippen LogP contribution in [0.3, 0.4) is 0 Å². The van der Waals surface area contributed by atoms with Gasteiger partial charge in [0, 0.05) is 23.8 Å². The van der Waals surface area contributed by atoms with Crippen molar-refractivity contribution in [2.24, 2.45) is 23.5 Å². The fraction of sp³-hybridized carbons (Fsp3) is 0.576. The molecule has 0 aliphatic carbocycles. The molecule has 6 aliphatic rings. The van der Waals surface area contributed by atoms with E-state index in [0.717, 1.165) is 45.7 Å². The Labute approximate surface area is 254 Å². The monoisotopic (exact) mass is 598 g/mol. The highest BCUT2D eigenvalue weighted by Crippen LogP contribution is 2.31. The van der Waals surface area contributed by atoms with E-state index in [1.807, 2.05) is 18.2 Å². The summed E-state index contributed by atoms with van der Waals surface area (Å²) < 4.78 is 25.6. The first-order valence-corrected chi connectivity index (χ1v) is 15.1. The zero-order chi connectivity index (χ0) is 30.8. The number of fused-ring (bicyclic) bond motifs is 2. The number of nitrogens with two attached hydrogens (primary N) is 1. The molecule has 236 valence electrons. The molecule has 5 fully saturated rings. The van der Waals surface area contributed by atoms with E-state index in [9.17, 15) is 9.59 Å². The molecule has 5 saturated heterocycles. The molecule has 0 bridgehead atoms. The first-order valence-electron chi connectivity index (χ1n) is 15.1. The Morgan fingerprint density at radius 2 is 1.21 bits per heavy atom. The number of hydrogen-bond acceptors (Lipinski definition) is 9. The molecule has 6 heterocycles. The molecule has 10 nitrogen and oxygen atoms in total. The molecular weight excluding hydrogens is 552 g/mol. The van der Waals surface area contributed by atoms with E-state index in [-0.39, 0.29) is 35.9 Å². The van der Waals surface area contributed by atoms with Gasteiger partial charge in [-0.1, -0.05) is 30.4 Å². The Hall–Kier alpha value is -2.70. The highest BCUT2D eigenvalue weighted by molar-refractivity contribution is 6.21. The Morgan fingerprint density at radius 3 is 1.67 bits per heavy atom. The molecule has 10 heteroatoms. The van der Waals surface area contributed by atoms with Gasteiger partial charge in [0.1, 0.15) is 12.2 Å². The minimum Gasteiger partial charge on any atom is -0.390 e. The number of epoxide rings is 1. The number of aliphatic hydroxyl groups excluding tert-OH is 1. The maximum atomic E-state index is 12.4. The van der Waals surface area contributed by atoms with E-state index in [1.165, 1.54) is 4.90 Å². The number of amides is 2. The Kier molecular flexibility index (Phi) is 12.7. The molecule has 8 unspecified atom stereocenters. The maximum Gasteiger partial charge on any atom is 0.261 e. The molecule has 43 heavy (non-hydrogen) atoms. The summed E-state index contributed by atoms with van der Waals surface area (Å²) in [5.41, 5.74) is 6.69. The van der Waals surface area contributed by atoms with Crippen molar-refractivity contribution in [3.05, 3.63) is 73.4 Å². The van der Waals surface area contributed by atoms with Gasteiger partial charge in [-0.2, -0.15) is 0 Å². The molecule has 0 aromatic heterocycles. The lowest BCUT2D eigenvalue weighted by atomic mass is 9.98. The topological polar surface area (TPSA) is 133 Å². The first-order chi connectivity index (χ1) is 20.9. The number of imide groups is 1. The van der Waals surface area contributed by atoms with Crippen molar-refractivity contribution >= 4 is 11.8 Å². The summed E-state index contributed by atoms with van der Waals surface area (Å²) in [5.74, 6) is 0.556. The van der Waals surface area contributed by atoms with E-state index < -0.39 is 0 Å². The van der Waals surface area contributed by atoms with Gasteiger partial charge in [0.2, 0.25) is 0 Å². The second-order valence-electron chi connectivity index (χ2n) is 11.5. The standard InChI is InChI=1S/C15H15NO3.C7H13NO.C7H12O2.C4H6O2/c1-2-5-10-8-19-9-13(10)16-14(17)11-6-3-4-7-12(11)15(16)18;2*1-2-3-6-4-9-5-7(6)8;1-3-4(6-3)2-5-1/h2-4,6-7,10,13H,1,5,8-9H2;2,6-7H,1,3-5,8H2;2,6-8H,1,3-5H2;3-4H,1-2H2. The molecule has 2 amide bonds. The number of ether oxygens (including phenoxy) is 5. The molecule has 0 spiro atoms. The average molecular weight is 599 g/mol. The molecule has 8 atom stereocenters. The van der Waals surface area contributed by atoms with Crippen molar-refractivity contribution in [2.75, 3.05) is 52.9 Å². The highest BCUT2D eigenvalue weighted by atomic mass is 16.7. The smallest absolute Gasteiger partial charge is 0.261 e. The van der Waals surface area contributed by atoms with Gasteiger partial charge >= 0.3 is 0 Å². The number of carbonyl (C=O) groups is 2. The van der Waals surface area contributed by atoms with Crippen molar-refractivity contribution in [3.8, 4) is 0 Å². The van der Waals surface area contributed by atoms with Crippen LogP contribution in [0.1, 0.15) is 40.0 Å². The fourth-order valence-corrected chi connectivity index (χ4v) is 5.69. The third kappa shape index (κ3) is 8.69. The van der Waals surface area contributed by atoms with Crippen LogP contribution in [0.4, 0.5) is 0 Å². The van der Waals surface area contributed by atoms with Crippen LogP contribution in [0, 0.1) is 17.8 Å². The number of allylic oxidation sites excluding steroid dienone is 3. The maximum absolute atomic E-state index is 12.4. The second kappa shape index (κ2) is 16.4. The van der Waals surface area contributed by atoms with E-state index in [4.69, 9.17) is 34.5 Å². The number of nitrogens with zero attached hydrogens (tertiary/aromatic N) is 1. The number of aliphatic hydroxyl groups is 1. The van der Waals surface area contributed by atoms with Crippen LogP contribution in [0.25, 0.3) is 0 Å². The molecule has 6 aliphatic heterocycles. The zero-order valence-corrected chi connectivity index (χ0v) is 24.9. The molecule has 3 N–H and O–H groups in total. The Bertz CT molecular complexity index is 1040. The van der Waals surface area contributed by atoms with Crippen LogP contribution in [0.5, 0.6) is 0 Å². The van der Waals surface area contributed by atoms with Crippen molar-refractivity contribution in [1.82, 2.24) is 4.90 Å². The molecular formula is C33H46N2O8. The average Bonchev–Trinajstić information content (AvgIpc) is 3.57.